The Balaban J connectivity index is 2.67. The quantitative estimate of drug-likeness (QED) is 0.719. The zero-order valence-electron chi connectivity index (χ0n) is 8.07. The van der Waals surface area contributed by atoms with Gasteiger partial charge < -0.3 is 10.0 Å². The highest BCUT2D eigenvalue weighted by molar-refractivity contribution is 6.19. The van der Waals surface area contributed by atoms with E-state index in [1.165, 1.54) is 4.90 Å². The van der Waals surface area contributed by atoms with Gasteiger partial charge in [0.2, 0.25) is 5.91 Å². The van der Waals surface area contributed by atoms with Crippen molar-refractivity contribution >= 4 is 23.5 Å². The van der Waals surface area contributed by atoms with Gasteiger partial charge in [-0.2, -0.15) is 0 Å². The van der Waals surface area contributed by atoms with E-state index in [1.54, 1.807) is 6.92 Å². The van der Waals surface area contributed by atoms with E-state index < -0.39 is 12.0 Å². The summed E-state index contributed by atoms with van der Waals surface area (Å²) < 4.78 is 0. The summed E-state index contributed by atoms with van der Waals surface area (Å²) in [7, 11) is 0. The van der Waals surface area contributed by atoms with Crippen LogP contribution in [0, 0.1) is 5.92 Å². The van der Waals surface area contributed by atoms with Crippen LogP contribution >= 0.6 is 11.6 Å². The van der Waals surface area contributed by atoms with Crippen molar-refractivity contribution in [3.63, 3.8) is 0 Å². The van der Waals surface area contributed by atoms with Crippen molar-refractivity contribution in [2.75, 3.05) is 12.4 Å². The van der Waals surface area contributed by atoms with Crippen molar-refractivity contribution < 1.29 is 14.7 Å². The minimum absolute atomic E-state index is 0.148. The van der Waals surface area contributed by atoms with Crippen molar-refractivity contribution in [1.29, 1.82) is 0 Å². The van der Waals surface area contributed by atoms with Crippen molar-refractivity contribution in [3.05, 3.63) is 0 Å². The summed E-state index contributed by atoms with van der Waals surface area (Å²) in [5, 5.41) is 8.86. The van der Waals surface area contributed by atoms with Gasteiger partial charge >= 0.3 is 5.97 Å². The minimum Gasteiger partial charge on any atom is -0.480 e. The number of likely N-dealkylation sites (tertiary alicyclic amines) is 1. The van der Waals surface area contributed by atoms with E-state index in [0.717, 1.165) is 6.42 Å². The molecule has 0 bridgehead atoms. The molecule has 0 aliphatic carbocycles. The first kappa shape index (κ1) is 11.3. The normalized spacial score (nSPS) is 23.6. The molecule has 0 spiro atoms. The maximum absolute atomic E-state index is 11.7. The Morgan fingerprint density at radius 1 is 1.64 bits per heavy atom. The van der Waals surface area contributed by atoms with Crippen LogP contribution in [0.1, 0.15) is 19.8 Å². The minimum atomic E-state index is -0.919. The molecule has 80 valence electrons. The lowest BCUT2D eigenvalue weighted by molar-refractivity contribution is -0.149. The average Bonchev–Trinajstić information content (AvgIpc) is 2.63. The van der Waals surface area contributed by atoms with Crippen LogP contribution in [0.25, 0.3) is 0 Å². The molecule has 1 N–H and O–H groups in total. The number of carboxylic acid groups (broad SMARTS) is 1. The fraction of sp³-hybridized carbons (Fsp3) is 0.778. The molecule has 5 heteroatoms. The molecule has 1 aliphatic heterocycles. The van der Waals surface area contributed by atoms with Crippen LogP contribution in [0.3, 0.4) is 0 Å². The monoisotopic (exact) mass is 219 g/mol. The maximum Gasteiger partial charge on any atom is 0.326 e. The number of aliphatic carboxylic acids is 1. The fourth-order valence-electron chi connectivity index (χ4n) is 1.64. The van der Waals surface area contributed by atoms with Crippen molar-refractivity contribution in [2.24, 2.45) is 5.92 Å². The Kier molecular flexibility index (Phi) is 3.75. The number of nitrogens with zero attached hydrogens (tertiary/aromatic N) is 1. The summed E-state index contributed by atoms with van der Waals surface area (Å²) in [6.45, 7) is 2.25. The number of carboxylic acids is 1. The molecule has 1 amide bonds. The van der Waals surface area contributed by atoms with Crippen LogP contribution in [0.4, 0.5) is 0 Å². The Hall–Kier alpha value is -0.770. The number of hydrogen-bond acceptors (Lipinski definition) is 2. The molecule has 1 saturated heterocycles. The summed E-state index contributed by atoms with van der Waals surface area (Å²) in [6, 6.07) is -0.645. The van der Waals surface area contributed by atoms with E-state index in [2.05, 4.69) is 0 Å². The molecular formula is C9H14ClNO3. The first-order valence-electron chi connectivity index (χ1n) is 4.67. The van der Waals surface area contributed by atoms with Gasteiger partial charge in [-0.3, -0.25) is 4.79 Å². The second kappa shape index (κ2) is 4.64. The Labute approximate surface area is 87.8 Å². The number of alkyl halides is 1. The lowest BCUT2D eigenvalue weighted by Gasteiger charge is -2.23. The third-order valence-corrected chi connectivity index (χ3v) is 2.94. The van der Waals surface area contributed by atoms with E-state index in [9.17, 15) is 9.59 Å². The van der Waals surface area contributed by atoms with E-state index in [4.69, 9.17) is 16.7 Å². The van der Waals surface area contributed by atoms with Crippen LogP contribution in [-0.2, 0) is 9.59 Å². The molecule has 2 atom stereocenters. The molecule has 0 aromatic rings. The summed E-state index contributed by atoms with van der Waals surface area (Å²) in [4.78, 5) is 23.9. The van der Waals surface area contributed by atoms with Gasteiger partial charge in [0.05, 0.1) is 0 Å². The predicted molar refractivity (Wildman–Crippen MR) is 52.3 cm³/mol. The van der Waals surface area contributed by atoms with Crippen molar-refractivity contribution in [2.45, 2.75) is 25.8 Å². The Morgan fingerprint density at radius 2 is 2.29 bits per heavy atom. The summed E-state index contributed by atoms with van der Waals surface area (Å²) >= 11 is 5.56. The molecule has 0 saturated carbocycles. The van der Waals surface area contributed by atoms with E-state index in [-0.39, 0.29) is 17.7 Å². The molecule has 1 fully saturated rings. The summed E-state index contributed by atoms with van der Waals surface area (Å²) in [5.41, 5.74) is 0. The number of halogens is 1. The van der Waals surface area contributed by atoms with Crippen molar-refractivity contribution in [3.8, 4) is 0 Å². The highest BCUT2D eigenvalue weighted by Gasteiger charge is 2.35. The molecular weight excluding hydrogens is 206 g/mol. The third-order valence-electron chi connectivity index (χ3n) is 2.47. The zero-order valence-corrected chi connectivity index (χ0v) is 8.83. The van der Waals surface area contributed by atoms with Gasteiger partial charge in [0.15, 0.2) is 0 Å². The molecule has 0 radical (unpaired) electrons. The molecule has 0 aromatic heterocycles. The van der Waals surface area contributed by atoms with Gasteiger partial charge in [-0.25, -0.2) is 4.79 Å². The molecule has 1 aliphatic rings. The number of amides is 1. The highest BCUT2D eigenvalue weighted by Crippen LogP contribution is 2.20. The summed E-state index contributed by atoms with van der Waals surface area (Å²) in [5.74, 6) is -1.12. The first-order valence-corrected chi connectivity index (χ1v) is 5.20. The van der Waals surface area contributed by atoms with Crippen LogP contribution in [0.2, 0.25) is 0 Å². The smallest absolute Gasteiger partial charge is 0.326 e. The molecule has 4 nitrogen and oxygen atoms in total. The predicted octanol–water partition coefficient (Wildman–Crippen LogP) is 0.937. The van der Waals surface area contributed by atoms with Crippen molar-refractivity contribution in [1.82, 2.24) is 4.90 Å². The maximum atomic E-state index is 11.7. The topological polar surface area (TPSA) is 57.6 Å². The Bertz CT molecular complexity index is 244. The van der Waals surface area contributed by atoms with Gasteiger partial charge in [-0.05, 0) is 12.8 Å². The van der Waals surface area contributed by atoms with Gasteiger partial charge in [-0.1, -0.05) is 6.92 Å². The number of carbonyl (C=O) groups excluding carboxylic acids is 1. The highest BCUT2D eigenvalue weighted by atomic mass is 35.5. The standard InChI is InChI=1S/C9H14ClNO3/c1-6(5-10)8(12)11-4-2-3-7(11)9(13)14/h6-7H,2-5H2,1H3,(H,13,14)/t6-,7-/m0/s1. The third kappa shape index (κ3) is 2.18. The van der Waals surface area contributed by atoms with Crippen LogP contribution in [0.5, 0.6) is 0 Å². The second-order valence-corrected chi connectivity index (χ2v) is 3.89. The molecule has 1 rings (SSSR count). The molecule has 1 heterocycles. The van der Waals surface area contributed by atoms with E-state index in [0.29, 0.717) is 13.0 Å². The first-order chi connectivity index (χ1) is 6.57. The van der Waals surface area contributed by atoms with Gasteiger partial charge in [-0.15, -0.1) is 11.6 Å². The molecule has 0 unspecified atom stereocenters. The van der Waals surface area contributed by atoms with Gasteiger partial charge in [0.25, 0.3) is 0 Å². The lowest BCUT2D eigenvalue weighted by atomic mass is 10.1. The van der Waals surface area contributed by atoms with E-state index >= 15 is 0 Å². The summed E-state index contributed by atoms with van der Waals surface area (Å²) in [6.07, 6.45) is 1.31. The Morgan fingerprint density at radius 3 is 2.79 bits per heavy atom. The average molecular weight is 220 g/mol. The molecule has 14 heavy (non-hydrogen) atoms. The zero-order chi connectivity index (χ0) is 10.7. The fourth-order valence-corrected chi connectivity index (χ4v) is 1.77. The molecule has 0 aromatic carbocycles. The number of hydrogen-bond donors (Lipinski definition) is 1. The van der Waals surface area contributed by atoms with Gasteiger partial charge in [0, 0.05) is 18.3 Å². The SMILES string of the molecule is C[C@@H](CCl)C(=O)N1CCC[C@H]1C(=O)O. The number of carbonyl (C=O) groups is 2. The lowest BCUT2D eigenvalue weighted by Crippen LogP contribution is -2.43. The van der Waals surface area contributed by atoms with Crippen LogP contribution in [-0.4, -0.2) is 40.3 Å². The van der Waals surface area contributed by atoms with E-state index in [1.807, 2.05) is 0 Å². The van der Waals surface area contributed by atoms with Gasteiger partial charge in [0.1, 0.15) is 6.04 Å². The van der Waals surface area contributed by atoms with Crippen LogP contribution < -0.4 is 0 Å². The largest absolute Gasteiger partial charge is 0.480 e. The van der Waals surface area contributed by atoms with Crippen LogP contribution in [0.15, 0.2) is 0 Å². The number of rotatable bonds is 3. The second-order valence-electron chi connectivity index (χ2n) is 3.58.